The highest BCUT2D eigenvalue weighted by Crippen LogP contribution is 2.39. The molecule has 3 aromatic rings. The minimum atomic E-state index is 0.745. The highest BCUT2D eigenvalue weighted by molar-refractivity contribution is 7.19. The van der Waals surface area contributed by atoms with Crippen molar-refractivity contribution in [3.8, 4) is 0 Å². The first-order chi connectivity index (χ1) is 11.3. The second-order valence-electron chi connectivity index (χ2n) is 6.60. The maximum atomic E-state index is 4.87. The summed E-state index contributed by atoms with van der Waals surface area (Å²) in [6, 6.07) is 0. The van der Waals surface area contributed by atoms with Crippen molar-refractivity contribution < 1.29 is 0 Å². The minimum Gasteiger partial charge on any atom is -0.354 e. The van der Waals surface area contributed by atoms with E-state index in [-0.39, 0.29) is 0 Å². The summed E-state index contributed by atoms with van der Waals surface area (Å²) in [4.78, 5) is 12.0. The molecule has 0 unspecified atom stereocenters. The number of thiophene rings is 1. The molecule has 0 spiro atoms. The van der Waals surface area contributed by atoms with E-state index in [0.29, 0.717) is 0 Å². The predicted molar refractivity (Wildman–Crippen MR) is 95.4 cm³/mol. The van der Waals surface area contributed by atoms with E-state index in [4.69, 9.17) is 4.98 Å². The Morgan fingerprint density at radius 2 is 2.30 bits per heavy atom. The van der Waals surface area contributed by atoms with Gasteiger partial charge in [0, 0.05) is 11.4 Å². The number of fused-ring (bicyclic) bond motifs is 5. The van der Waals surface area contributed by atoms with E-state index < -0.39 is 0 Å². The highest BCUT2D eigenvalue weighted by Gasteiger charge is 2.24. The third-order valence-corrected chi connectivity index (χ3v) is 5.92. The van der Waals surface area contributed by atoms with E-state index in [1.54, 1.807) is 6.33 Å². The third-order valence-electron chi connectivity index (χ3n) is 4.73. The molecule has 0 bridgehead atoms. The molecule has 4 rings (SSSR count). The maximum Gasteiger partial charge on any atom is 0.227 e. The van der Waals surface area contributed by atoms with E-state index in [1.807, 2.05) is 15.9 Å². The molecule has 0 saturated carbocycles. The molecule has 1 aliphatic rings. The maximum absolute atomic E-state index is 4.87. The van der Waals surface area contributed by atoms with Crippen LogP contribution in [0.15, 0.2) is 6.33 Å². The van der Waals surface area contributed by atoms with Crippen LogP contribution in [-0.2, 0) is 12.8 Å². The predicted octanol–water partition coefficient (Wildman–Crippen LogP) is 4.07. The van der Waals surface area contributed by atoms with E-state index in [9.17, 15) is 0 Å². The molecule has 1 atom stereocenters. The van der Waals surface area contributed by atoms with Crippen LogP contribution in [0.25, 0.3) is 15.9 Å². The molecule has 3 heterocycles. The van der Waals surface area contributed by atoms with Gasteiger partial charge in [0.05, 0.1) is 5.39 Å². The summed E-state index contributed by atoms with van der Waals surface area (Å²) in [7, 11) is 0. The number of aromatic nitrogens is 4. The highest BCUT2D eigenvalue weighted by atomic mass is 32.1. The molecule has 0 aliphatic heterocycles. The Bertz CT molecular complexity index is 834. The van der Waals surface area contributed by atoms with Gasteiger partial charge in [0.25, 0.3) is 0 Å². The summed E-state index contributed by atoms with van der Waals surface area (Å²) < 4.78 is 1.88. The van der Waals surface area contributed by atoms with Gasteiger partial charge < -0.3 is 5.32 Å². The standard InChI is InChI=1S/C17H23N5S/c1-3-4-5-8-18-17-21-16-14(15-19-10-20-22(15)17)12-9-11(2)6-7-13(12)23-16/h10-11H,3-9H2,1-2H3,(H,18,21)/t11-/m0/s1. The Morgan fingerprint density at radius 1 is 1.39 bits per heavy atom. The molecule has 23 heavy (non-hydrogen) atoms. The van der Waals surface area contributed by atoms with Crippen LogP contribution in [0.1, 0.15) is 50.0 Å². The molecule has 122 valence electrons. The van der Waals surface area contributed by atoms with Gasteiger partial charge in [-0.2, -0.15) is 9.61 Å². The molecule has 0 radical (unpaired) electrons. The summed E-state index contributed by atoms with van der Waals surface area (Å²) in [5.41, 5.74) is 2.42. The van der Waals surface area contributed by atoms with Crippen molar-refractivity contribution in [3.05, 3.63) is 16.8 Å². The SMILES string of the molecule is CCCCCNc1nc2sc3c(c2c2ncnn12)C[C@@H](C)CC3. The molecule has 0 amide bonds. The Kier molecular flexibility index (Phi) is 3.93. The van der Waals surface area contributed by atoms with Gasteiger partial charge in [0.15, 0.2) is 5.65 Å². The second-order valence-corrected chi connectivity index (χ2v) is 7.68. The van der Waals surface area contributed by atoms with Crippen molar-refractivity contribution in [3.63, 3.8) is 0 Å². The van der Waals surface area contributed by atoms with Gasteiger partial charge in [-0.05, 0) is 37.2 Å². The lowest BCUT2D eigenvalue weighted by atomic mass is 9.89. The number of nitrogens with zero attached hydrogens (tertiary/aromatic N) is 4. The van der Waals surface area contributed by atoms with Crippen LogP contribution in [-0.4, -0.2) is 26.1 Å². The lowest BCUT2D eigenvalue weighted by molar-refractivity contribution is 0.508. The smallest absolute Gasteiger partial charge is 0.227 e. The molecule has 0 aromatic carbocycles. The van der Waals surface area contributed by atoms with Crippen molar-refractivity contribution in [1.82, 2.24) is 19.6 Å². The van der Waals surface area contributed by atoms with Gasteiger partial charge in [-0.15, -0.1) is 11.3 Å². The number of hydrogen-bond acceptors (Lipinski definition) is 5. The Labute approximate surface area is 140 Å². The Hall–Kier alpha value is -1.69. The average Bonchev–Trinajstić information content (AvgIpc) is 3.15. The van der Waals surface area contributed by atoms with Gasteiger partial charge in [-0.25, -0.2) is 9.97 Å². The monoisotopic (exact) mass is 329 g/mol. The second kappa shape index (κ2) is 6.07. The van der Waals surface area contributed by atoms with Crippen LogP contribution >= 0.6 is 11.3 Å². The van der Waals surface area contributed by atoms with E-state index in [0.717, 1.165) is 41.7 Å². The third kappa shape index (κ3) is 2.59. The molecule has 0 fully saturated rings. The summed E-state index contributed by atoms with van der Waals surface area (Å²) >= 11 is 1.85. The van der Waals surface area contributed by atoms with E-state index in [1.165, 1.54) is 41.5 Å². The molecule has 1 aliphatic carbocycles. The minimum absolute atomic E-state index is 0.745. The number of anilines is 1. The van der Waals surface area contributed by atoms with Gasteiger partial charge in [0.1, 0.15) is 11.2 Å². The Morgan fingerprint density at radius 3 is 3.17 bits per heavy atom. The number of nitrogens with one attached hydrogen (secondary N) is 1. The quantitative estimate of drug-likeness (QED) is 0.717. The lowest BCUT2D eigenvalue weighted by Crippen LogP contribution is -2.10. The van der Waals surface area contributed by atoms with E-state index >= 15 is 0 Å². The molecule has 5 nitrogen and oxygen atoms in total. The first-order valence-corrected chi connectivity index (χ1v) is 9.47. The Balaban J connectivity index is 1.78. The number of unbranched alkanes of at least 4 members (excludes halogenated alkanes) is 2. The van der Waals surface area contributed by atoms with Crippen molar-refractivity contribution >= 4 is 33.1 Å². The zero-order chi connectivity index (χ0) is 15.8. The normalized spacial score (nSPS) is 17.7. The molecule has 0 saturated heterocycles. The largest absolute Gasteiger partial charge is 0.354 e. The van der Waals surface area contributed by atoms with Crippen molar-refractivity contribution in [2.24, 2.45) is 5.92 Å². The van der Waals surface area contributed by atoms with Crippen LogP contribution in [0.4, 0.5) is 5.95 Å². The van der Waals surface area contributed by atoms with Crippen molar-refractivity contribution in [1.29, 1.82) is 0 Å². The van der Waals surface area contributed by atoms with Gasteiger partial charge >= 0.3 is 0 Å². The number of rotatable bonds is 5. The van der Waals surface area contributed by atoms with E-state index in [2.05, 4.69) is 29.2 Å². The summed E-state index contributed by atoms with van der Waals surface area (Å²) in [6.45, 7) is 5.49. The summed E-state index contributed by atoms with van der Waals surface area (Å²) in [6.07, 6.45) is 8.86. The summed E-state index contributed by atoms with van der Waals surface area (Å²) in [5, 5.41) is 9.08. The lowest BCUT2D eigenvalue weighted by Gasteiger charge is -2.17. The fraction of sp³-hybridized carbons (Fsp3) is 0.588. The average molecular weight is 329 g/mol. The summed E-state index contributed by atoms with van der Waals surface area (Å²) in [5.74, 6) is 1.57. The zero-order valence-corrected chi connectivity index (χ0v) is 14.6. The van der Waals surface area contributed by atoms with Crippen molar-refractivity contribution in [2.75, 3.05) is 11.9 Å². The molecular formula is C17H23N5S. The fourth-order valence-electron chi connectivity index (χ4n) is 3.45. The van der Waals surface area contributed by atoms with Crippen LogP contribution < -0.4 is 5.32 Å². The first kappa shape index (κ1) is 14.9. The van der Waals surface area contributed by atoms with Crippen LogP contribution in [0, 0.1) is 5.92 Å². The zero-order valence-electron chi connectivity index (χ0n) is 13.8. The van der Waals surface area contributed by atoms with Crippen molar-refractivity contribution in [2.45, 2.75) is 52.4 Å². The molecule has 1 N–H and O–H groups in total. The molecular weight excluding hydrogens is 306 g/mol. The van der Waals surface area contributed by atoms with Crippen LogP contribution in [0.5, 0.6) is 0 Å². The number of aryl methyl sites for hydroxylation is 1. The van der Waals surface area contributed by atoms with Crippen LogP contribution in [0.3, 0.4) is 0 Å². The van der Waals surface area contributed by atoms with Gasteiger partial charge in [-0.1, -0.05) is 26.7 Å². The first-order valence-electron chi connectivity index (χ1n) is 8.65. The number of hydrogen-bond donors (Lipinski definition) is 1. The molecule has 6 heteroatoms. The fourth-order valence-corrected chi connectivity index (χ4v) is 4.66. The van der Waals surface area contributed by atoms with Gasteiger partial charge in [0.2, 0.25) is 5.95 Å². The molecule has 3 aromatic heterocycles. The van der Waals surface area contributed by atoms with Gasteiger partial charge in [-0.3, -0.25) is 0 Å². The topological polar surface area (TPSA) is 55.1 Å². The van der Waals surface area contributed by atoms with Crippen LogP contribution in [0.2, 0.25) is 0 Å².